The smallest absolute Gasteiger partial charge is 0.374 e. The minimum Gasteiger partial charge on any atom is -0.457 e. The zero-order valence-electron chi connectivity index (χ0n) is 14.8. The topological polar surface area (TPSA) is 121 Å². The van der Waals surface area contributed by atoms with E-state index in [2.05, 4.69) is 0 Å². The van der Waals surface area contributed by atoms with Crippen molar-refractivity contribution in [3.05, 3.63) is 54.0 Å². The van der Waals surface area contributed by atoms with Crippen LogP contribution in [0.25, 0.3) is 0 Å². The van der Waals surface area contributed by atoms with Gasteiger partial charge in [0.15, 0.2) is 6.61 Å². The highest BCUT2D eigenvalue weighted by molar-refractivity contribution is 7.89. The number of benzene rings is 1. The number of sulfonamides is 1. The highest BCUT2D eigenvalue weighted by Gasteiger charge is 2.31. The molecule has 0 atom stereocenters. The first-order valence-electron chi connectivity index (χ1n) is 8.41. The Morgan fingerprint density at radius 2 is 1.82 bits per heavy atom. The van der Waals surface area contributed by atoms with Crippen molar-refractivity contribution in [2.45, 2.75) is 4.90 Å². The summed E-state index contributed by atoms with van der Waals surface area (Å²) in [7, 11) is -3.83. The van der Waals surface area contributed by atoms with Gasteiger partial charge in [0.2, 0.25) is 15.8 Å². The van der Waals surface area contributed by atoms with Crippen LogP contribution in [0.5, 0.6) is 0 Å². The molecule has 1 amide bonds. The number of amides is 1. The second kappa shape index (κ2) is 8.24. The summed E-state index contributed by atoms with van der Waals surface area (Å²) in [4.78, 5) is 25.3. The molecule has 146 valence electrons. The number of carbonyl (C=O) groups is 2. The SMILES string of the molecule is N#Cc1ccccc1S(=O)(=O)N1CCN(C(=O)COC(=O)c2ccco2)CC1. The first-order chi connectivity index (χ1) is 13.4. The van der Waals surface area contributed by atoms with E-state index in [0.717, 1.165) is 0 Å². The third-order valence-electron chi connectivity index (χ3n) is 4.27. The largest absolute Gasteiger partial charge is 0.457 e. The average molecular weight is 403 g/mol. The quantitative estimate of drug-likeness (QED) is 0.678. The van der Waals surface area contributed by atoms with Crippen LogP contribution in [0.2, 0.25) is 0 Å². The Morgan fingerprint density at radius 3 is 2.46 bits per heavy atom. The summed E-state index contributed by atoms with van der Waals surface area (Å²) in [6.45, 7) is 0.0274. The van der Waals surface area contributed by atoms with Gasteiger partial charge in [-0.3, -0.25) is 4.79 Å². The number of ether oxygens (including phenoxy) is 1. The second-order valence-corrected chi connectivity index (χ2v) is 7.85. The van der Waals surface area contributed by atoms with Crippen LogP contribution in [0.15, 0.2) is 52.0 Å². The van der Waals surface area contributed by atoms with E-state index in [-0.39, 0.29) is 42.4 Å². The van der Waals surface area contributed by atoms with Gasteiger partial charge in [-0.1, -0.05) is 12.1 Å². The molecule has 0 radical (unpaired) electrons. The first-order valence-corrected chi connectivity index (χ1v) is 9.85. The zero-order chi connectivity index (χ0) is 20.1. The summed E-state index contributed by atoms with van der Waals surface area (Å²) in [5.74, 6) is -1.16. The number of esters is 1. The molecule has 1 aromatic carbocycles. The molecule has 0 unspecified atom stereocenters. The van der Waals surface area contributed by atoms with Crippen LogP contribution in [-0.4, -0.2) is 62.3 Å². The number of nitrogens with zero attached hydrogens (tertiary/aromatic N) is 3. The molecule has 0 saturated carbocycles. The van der Waals surface area contributed by atoms with Gasteiger partial charge in [-0.2, -0.15) is 9.57 Å². The monoisotopic (exact) mass is 403 g/mol. The predicted molar refractivity (Wildman–Crippen MR) is 95.5 cm³/mol. The molecule has 2 aromatic rings. The van der Waals surface area contributed by atoms with E-state index in [1.54, 1.807) is 12.1 Å². The standard InChI is InChI=1S/C18H17N3O6S/c19-12-14-4-1-2-6-16(14)28(24,25)21-9-7-20(8-10-21)17(22)13-27-18(23)15-5-3-11-26-15/h1-6,11H,7-10,13H2. The van der Waals surface area contributed by atoms with Gasteiger partial charge >= 0.3 is 5.97 Å². The van der Waals surface area contributed by atoms with E-state index in [1.807, 2.05) is 6.07 Å². The summed E-state index contributed by atoms with van der Waals surface area (Å²) >= 11 is 0. The Kier molecular flexibility index (Phi) is 5.77. The fraction of sp³-hybridized carbons (Fsp3) is 0.278. The summed E-state index contributed by atoms with van der Waals surface area (Å²) in [6, 6.07) is 10.8. The van der Waals surface area contributed by atoms with Gasteiger partial charge in [0.05, 0.1) is 16.7 Å². The lowest BCUT2D eigenvalue weighted by atomic mass is 10.2. The van der Waals surface area contributed by atoms with Gasteiger partial charge in [0, 0.05) is 26.2 Å². The Labute approximate surface area is 161 Å². The van der Waals surface area contributed by atoms with Crippen molar-refractivity contribution in [2.75, 3.05) is 32.8 Å². The fourth-order valence-electron chi connectivity index (χ4n) is 2.79. The molecule has 10 heteroatoms. The molecule has 9 nitrogen and oxygen atoms in total. The maximum Gasteiger partial charge on any atom is 0.374 e. The van der Waals surface area contributed by atoms with Crippen molar-refractivity contribution in [1.82, 2.24) is 9.21 Å². The molecule has 1 aliphatic heterocycles. The van der Waals surface area contributed by atoms with Gasteiger partial charge in [-0.25, -0.2) is 13.2 Å². The minimum atomic E-state index is -3.83. The summed E-state index contributed by atoms with van der Waals surface area (Å²) in [5, 5.41) is 9.13. The number of carbonyl (C=O) groups excluding carboxylic acids is 2. The highest BCUT2D eigenvalue weighted by Crippen LogP contribution is 2.21. The van der Waals surface area contributed by atoms with Crippen molar-refractivity contribution < 1.29 is 27.2 Å². The van der Waals surface area contributed by atoms with E-state index in [1.165, 1.54) is 39.7 Å². The van der Waals surface area contributed by atoms with E-state index < -0.39 is 28.5 Å². The van der Waals surface area contributed by atoms with Gasteiger partial charge < -0.3 is 14.1 Å². The van der Waals surface area contributed by atoms with E-state index in [4.69, 9.17) is 14.4 Å². The number of hydrogen-bond acceptors (Lipinski definition) is 7. The predicted octanol–water partition coefficient (Wildman–Crippen LogP) is 0.841. The van der Waals surface area contributed by atoms with Crippen molar-refractivity contribution in [1.29, 1.82) is 5.26 Å². The van der Waals surface area contributed by atoms with Crippen LogP contribution >= 0.6 is 0 Å². The lowest BCUT2D eigenvalue weighted by Crippen LogP contribution is -2.51. The van der Waals surface area contributed by atoms with Crippen molar-refractivity contribution in [3.63, 3.8) is 0 Å². The molecule has 1 fully saturated rings. The summed E-state index contributed by atoms with van der Waals surface area (Å²) in [5.41, 5.74) is 0.0749. The van der Waals surface area contributed by atoms with Gasteiger partial charge in [0.1, 0.15) is 6.07 Å². The highest BCUT2D eigenvalue weighted by atomic mass is 32.2. The number of furan rings is 1. The molecule has 0 aliphatic carbocycles. The average Bonchev–Trinajstić information content (AvgIpc) is 3.27. The fourth-order valence-corrected chi connectivity index (χ4v) is 4.35. The van der Waals surface area contributed by atoms with Crippen LogP contribution in [-0.2, 0) is 19.6 Å². The maximum atomic E-state index is 12.8. The Hall–Kier alpha value is -3.16. The second-order valence-electron chi connectivity index (χ2n) is 5.95. The third-order valence-corrected chi connectivity index (χ3v) is 6.22. The summed E-state index contributed by atoms with van der Waals surface area (Å²) in [6.07, 6.45) is 1.32. The Balaban J connectivity index is 1.57. The van der Waals surface area contributed by atoms with Crippen LogP contribution in [0.1, 0.15) is 16.1 Å². The molecule has 1 aliphatic rings. The number of hydrogen-bond donors (Lipinski definition) is 0. The molecule has 0 spiro atoms. The summed E-state index contributed by atoms with van der Waals surface area (Å²) < 4.78 is 36.6. The molecular formula is C18H17N3O6S. The third kappa shape index (κ3) is 4.05. The molecule has 28 heavy (non-hydrogen) atoms. The van der Waals surface area contributed by atoms with Crippen molar-refractivity contribution in [3.8, 4) is 6.07 Å². The molecular weight excluding hydrogens is 386 g/mol. The Bertz CT molecular complexity index is 1000. The minimum absolute atomic E-state index is 0.000120. The first kappa shape index (κ1) is 19.6. The molecule has 2 heterocycles. The van der Waals surface area contributed by atoms with Crippen LogP contribution in [0.3, 0.4) is 0 Å². The van der Waals surface area contributed by atoms with E-state index in [0.29, 0.717) is 0 Å². The van der Waals surface area contributed by atoms with Crippen LogP contribution in [0.4, 0.5) is 0 Å². The van der Waals surface area contributed by atoms with Crippen molar-refractivity contribution >= 4 is 21.9 Å². The number of nitriles is 1. The van der Waals surface area contributed by atoms with Crippen molar-refractivity contribution in [2.24, 2.45) is 0 Å². The van der Waals surface area contributed by atoms with E-state index in [9.17, 15) is 18.0 Å². The molecule has 1 aromatic heterocycles. The van der Waals surface area contributed by atoms with Gasteiger partial charge in [-0.15, -0.1) is 0 Å². The maximum absolute atomic E-state index is 12.8. The van der Waals surface area contributed by atoms with E-state index >= 15 is 0 Å². The zero-order valence-corrected chi connectivity index (χ0v) is 15.6. The normalized spacial score (nSPS) is 15.0. The molecule has 3 rings (SSSR count). The van der Waals surface area contributed by atoms with Gasteiger partial charge in [-0.05, 0) is 24.3 Å². The lowest BCUT2D eigenvalue weighted by molar-refractivity contribution is -0.135. The van der Waals surface area contributed by atoms with Crippen LogP contribution in [0, 0.1) is 11.3 Å². The molecule has 0 N–H and O–H groups in total. The molecule has 0 bridgehead atoms. The molecule has 1 saturated heterocycles. The number of rotatable bonds is 5. The Morgan fingerprint density at radius 1 is 1.11 bits per heavy atom. The van der Waals surface area contributed by atoms with Crippen LogP contribution < -0.4 is 0 Å². The number of piperazine rings is 1. The van der Waals surface area contributed by atoms with Gasteiger partial charge in [0.25, 0.3) is 5.91 Å². The lowest BCUT2D eigenvalue weighted by Gasteiger charge is -2.34.